The number of rotatable bonds is 0. The Morgan fingerprint density at radius 3 is 2.12 bits per heavy atom. The maximum absolute atomic E-state index is 5.77. The second kappa shape index (κ2) is 1.09. The molecule has 2 atom stereocenters. The Hall–Kier alpha value is -0.0800. The molecule has 1 aliphatic carbocycles. The van der Waals surface area contributed by atoms with Crippen LogP contribution in [0.2, 0.25) is 0 Å². The van der Waals surface area contributed by atoms with E-state index >= 15 is 0 Å². The van der Waals surface area contributed by atoms with Crippen molar-refractivity contribution in [2.45, 2.75) is 13.0 Å². The monoisotopic (exact) mass is 112 g/mol. The maximum atomic E-state index is 5.77. The molecule has 0 aromatic heterocycles. The lowest BCUT2D eigenvalue weighted by Gasteiger charge is -2.28. The average Bonchev–Trinajstić information content (AvgIpc) is 2.10. The summed E-state index contributed by atoms with van der Waals surface area (Å²) in [5.74, 6) is 0.781. The summed E-state index contributed by atoms with van der Waals surface area (Å²) in [7, 11) is 0. The molecule has 2 nitrogen and oxygen atoms in total. The minimum Gasteiger partial charge on any atom is -0.327 e. The molecule has 2 heteroatoms. The van der Waals surface area contributed by atoms with Crippen molar-refractivity contribution in [1.82, 2.24) is 5.32 Å². The smallest absolute Gasteiger partial charge is 0.0156 e. The molecule has 0 aromatic carbocycles. The van der Waals surface area contributed by atoms with Gasteiger partial charge in [-0.25, -0.2) is 0 Å². The zero-order valence-electron chi connectivity index (χ0n) is 5.15. The van der Waals surface area contributed by atoms with E-state index < -0.39 is 0 Å². The van der Waals surface area contributed by atoms with Crippen LogP contribution in [0.1, 0.15) is 6.92 Å². The summed E-state index contributed by atoms with van der Waals surface area (Å²) in [4.78, 5) is 0. The fourth-order valence-electron chi connectivity index (χ4n) is 1.71. The Labute approximate surface area is 49.4 Å². The standard InChI is InChI=1S/C6H12N2/c1-4-5(7)6(4)2-8-3-6/h4-5,8H,2-3,7H2,1H3. The van der Waals surface area contributed by atoms with Crippen LogP contribution in [0.15, 0.2) is 0 Å². The van der Waals surface area contributed by atoms with E-state index in [-0.39, 0.29) is 0 Å². The van der Waals surface area contributed by atoms with E-state index in [9.17, 15) is 0 Å². The van der Waals surface area contributed by atoms with E-state index in [1.165, 1.54) is 0 Å². The van der Waals surface area contributed by atoms with Crippen LogP contribution in [0.25, 0.3) is 0 Å². The summed E-state index contributed by atoms with van der Waals surface area (Å²) in [5.41, 5.74) is 6.32. The van der Waals surface area contributed by atoms with Crippen LogP contribution in [0.3, 0.4) is 0 Å². The van der Waals surface area contributed by atoms with Crippen LogP contribution >= 0.6 is 0 Å². The summed E-state index contributed by atoms with van der Waals surface area (Å²) in [6.07, 6.45) is 0. The van der Waals surface area contributed by atoms with Gasteiger partial charge in [0.15, 0.2) is 0 Å². The van der Waals surface area contributed by atoms with Crippen molar-refractivity contribution >= 4 is 0 Å². The molecular formula is C6H12N2. The Bertz CT molecular complexity index is 108. The lowest BCUT2D eigenvalue weighted by atomic mass is 9.97. The third kappa shape index (κ3) is 0.298. The molecule has 2 fully saturated rings. The first kappa shape index (κ1) is 4.77. The zero-order chi connectivity index (χ0) is 5.78. The van der Waals surface area contributed by atoms with Crippen LogP contribution < -0.4 is 11.1 Å². The molecule has 1 aliphatic heterocycles. The Kier molecular flexibility index (Phi) is 0.649. The molecule has 1 heterocycles. The van der Waals surface area contributed by atoms with Crippen LogP contribution in [-0.4, -0.2) is 19.1 Å². The molecule has 1 saturated carbocycles. The van der Waals surface area contributed by atoms with Crippen molar-refractivity contribution in [2.75, 3.05) is 13.1 Å². The van der Waals surface area contributed by atoms with Gasteiger partial charge in [-0.2, -0.15) is 0 Å². The van der Waals surface area contributed by atoms with Crippen molar-refractivity contribution in [3.63, 3.8) is 0 Å². The third-order valence-corrected chi connectivity index (χ3v) is 2.91. The van der Waals surface area contributed by atoms with Crippen molar-refractivity contribution in [1.29, 1.82) is 0 Å². The van der Waals surface area contributed by atoms with Crippen LogP contribution in [-0.2, 0) is 0 Å². The highest BCUT2D eigenvalue weighted by Gasteiger charge is 2.63. The SMILES string of the molecule is CC1C(N)C12CNC2. The van der Waals surface area contributed by atoms with Gasteiger partial charge in [-0.3, -0.25) is 0 Å². The molecule has 3 N–H and O–H groups in total. The molecule has 2 rings (SSSR count). The highest BCUT2D eigenvalue weighted by atomic mass is 15.1. The first-order valence-electron chi connectivity index (χ1n) is 3.24. The molecule has 0 amide bonds. The van der Waals surface area contributed by atoms with E-state index in [1.54, 1.807) is 0 Å². The number of nitrogens with two attached hydrogens (primary N) is 1. The van der Waals surface area contributed by atoms with Gasteiger partial charge in [0.25, 0.3) is 0 Å². The predicted octanol–water partition coefficient (Wildman–Crippen LogP) is -0.447. The first-order valence-corrected chi connectivity index (χ1v) is 3.24. The summed E-state index contributed by atoms with van der Waals surface area (Å²) in [6, 6.07) is 0.503. The summed E-state index contributed by atoms with van der Waals surface area (Å²) in [5, 5.41) is 3.24. The summed E-state index contributed by atoms with van der Waals surface area (Å²) < 4.78 is 0. The second-order valence-corrected chi connectivity index (χ2v) is 3.15. The van der Waals surface area contributed by atoms with Crippen LogP contribution in [0, 0.1) is 11.3 Å². The van der Waals surface area contributed by atoms with Gasteiger partial charge < -0.3 is 11.1 Å². The molecule has 46 valence electrons. The van der Waals surface area contributed by atoms with Gasteiger partial charge in [-0.1, -0.05) is 6.92 Å². The Balaban J connectivity index is 2.09. The highest BCUT2D eigenvalue weighted by molar-refractivity contribution is 5.19. The van der Waals surface area contributed by atoms with E-state index in [0.29, 0.717) is 11.5 Å². The molecule has 0 bridgehead atoms. The maximum Gasteiger partial charge on any atom is 0.0156 e. The lowest BCUT2D eigenvalue weighted by Crippen LogP contribution is -2.48. The molecule has 0 aromatic rings. The first-order chi connectivity index (χ1) is 3.77. The van der Waals surface area contributed by atoms with Crippen LogP contribution in [0.4, 0.5) is 0 Å². The normalized spacial score (nSPS) is 48.8. The molecule has 1 spiro atoms. The lowest BCUT2D eigenvalue weighted by molar-refractivity contribution is 0.291. The van der Waals surface area contributed by atoms with E-state index in [1.807, 2.05) is 0 Å². The van der Waals surface area contributed by atoms with Crippen molar-refractivity contribution < 1.29 is 0 Å². The number of hydrogen-bond donors (Lipinski definition) is 2. The van der Waals surface area contributed by atoms with Gasteiger partial charge in [-0.15, -0.1) is 0 Å². The van der Waals surface area contributed by atoms with Gasteiger partial charge in [-0.05, 0) is 5.92 Å². The second-order valence-electron chi connectivity index (χ2n) is 3.15. The third-order valence-electron chi connectivity index (χ3n) is 2.91. The van der Waals surface area contributed by atoms with Gasteiger partial charge in [0.1, 0.15) is 0 Å². The van der Waals surface area contributed by atoms with Gasteiger partial charge in [0.2, 0.25) is 0 Å². The largest absolute Gasteiger partial charge is 0.327 e. The van der Waals surface area contributed by atoms with E-state index in [2.05, 4.69) is 12.2 Å². The quantitative estimate of drug-likeness (QED) is 0.445. The van der Waals surface area contributed by atoms with Crippen LogP contribution in [0.5, 0.6) is 0 Å². The van der Waals surface area contributed by atoms with Crippen molar-refractivity contribution in [2.24, 2.45) is 17.1 Å². The summed E-state index contributed by atoms with van der Waals surface area (Å²) in [6.45, 7) is 4.57. The fraction of sp³-hybridized carbons (Fsp3) is 1.00. The van der Waals surface area contributed by atoms with Crippen molar-refractivity contribution in [3.05, 3.63) is 0 Å². The van der Waals surface area contributed by atoms with Gasteiger partial charge in [0, 0.05) is 24.5 Å². The Morgan fingerprint density at radius 2 is 2.12 bits per heavy atom. The molecule has 2 unspecified atom stereocenters. The van der Waals surface area contributed by atoms with Gasteiger partial charge >= 0.3 is 0 Å². The van der Waals surface area contributed by atoms with Crippen molar-refractivity contribution in [3.8, 4) is 0 Å². The Morgan fingerprint density at radius 1 is 1.62 bits per heavy atom. The average molecular weight is 112 g/mol. The predicted molar refractivity (Wildman–Crippen MR) is 32.4 cm³/mol. The number of nitrogens with one attached hydrogen (secondary N) is 1. The molecule has 2 aliphatic rings. The minimum absolute atomic E-state index is 0.503. The molecule has 0 radical (unpaired) electrons. The molecule has 8 heavy (non-hydrogen) atoms. The van der Waals surface area contributed by atoms with Gasteiger partial charge in [0.05, 0.1) is 0 Å². The minimum atomic E-state index is 0.503. The number of hydrogen-bond acceptors (Lipinski definition) is 2. The summed E-state index contributed by atoms with van der Waals surface area (Å²) >= 11 is 0. The highest BCUT2D eigenvalue weighted by Crippen LogP contribution is 2.53. The van der Waals surface area contributed by atoms with E-state index in [4.69, 9.17) is 5.73 Å². The topological polar surface area (TPSA) is 38.0 Å². The van der Waals surface area contributed by atoms with E-state index in [0.717, 1.165) is 19.0 Å². The molecular weight excluding hydrogens is 100 g/mol. The zero-order valence-corrected chi connectivity index (χ0v) is 5.15. The molecule has 1 saturated heterocycles. The fourth-order valence-corrected chi connectivity index (χ4v) is 1.71.